The monoisotopic (exact) mass is 251 g/mol. The SMILES string of the molecule is CCNC(C)c1ccc(OCC(C)OC)c(C)c1. The average molecular weight is 251 g/mol. The van der Waals surface area contributed by atoms with Crippen LogP contribution in [-0.2, 0) is 4.74 Å². The second kappa shape index (κ2) is 7.39. The maximum atomic E-state index is 5.74. The summed E-state index contributed by atoms with van der Waals surface area (Å²) in [5.74, 6) is 0.936. The van der Waals surface area contributed by atoms with E-state index >= 15 is 0 Å². The molecule has 0 aromatic heterocycles. The maximum absolute atomic E-state index is 5.74. The summed E-state index contributed by atoms with van der Waals surface area (Å²) >= 11 is 0. The Morgan fingerprint density at radius 2 is 2.00 bits per heavy atom. The van der Waals surface area contributed by atoms with Gasteiger partial charge in [0.25, 0.3) is 0 Å². The molecule has 0 fully saturated rings. The Morgan fingerprint density at radius 3 is 2.56 bits per heavy atom. The molecule has 3 nitrogen and oxygen atoms in total. The molecule has 18 heavy (non-hydrogen) atoms. The van der Waals surface area contributed by atoms with Crippen molar-refractivity contribution in [2.24, 2.45) is 0 Å². The van der Waals surface area contributed by atoms with Crippen molar-refractivity contribution < 1.29 is 9.47 Å². The number of ether oxygens (including phenoxy) is 2. The van der Waals surface area contributed by atoms with Crippen LogP contribution in [0.4, 0.5) is 0 Å². The van der Waals surface area contributed by atoms with Crippen molar-refractivity contribution in [2.45, 2.75) is 39.8 Å². The zero-order chi connectivity index (χ0) is 13.5. The molecule has 1 aromatic carbocycles. The molecule has 0 aliphatic rings. The zero-order valence-electron chi connectivity index (χ0n) is 12.1. The Bertz CT molecular complexity index is 366. The van der Waals surface area contributed by atoms with Gasteiger partial charge in [-0.3, -0.25) is 0 Å². The van der Waals surface area contributed by atoms with E-state index in [9.17, 15) is 0 Å². The molecule has 0 aliphatic carbocycles. The van der Waals surface area contributed by atoms with Crippen molar-refractivity contribution in [1.29, 1.82) is 0 Å². The third-order valence-electron chi connectivity index (χ3n) is 3.09. The summed E-state index contributed by atoms with van der Waals surface area (Å²) in [6, 6.07) is 6.72. The molecule has 0 radical (unpaired) electrons. The molecule has 102 valence electrons. The molecule has 0 saturated heterocycles. The van der Waals surface area contributed by atoms with Crippen LogP contribution in [-0.4, -0.2) is 26.4 Å². The molecule has 3 heteroatoms. The van der Waals surface area contributed by atoms with Gasteiger partial charge in [-0.1, -0.05) is 19.1 Å². The van der Waals surface area contributed by atoms with E-state index in [2.05, 4.69) is 38.2 Å². The molecule has 1 N–H and O–H groups in total. The van der Waals surface area contributed by atoms with Crippen LogP contribution in [0, 0.1) is 6.92 Å². The van der Waals surface area contributed by atoms with E-state index in [1.807, 2.05) is 13.0 Å². The van der Waals surface area contributed by atoms with E-state index in [4.69, 9.17) is 9.47 Å². The summed E-state index contributed by atoms with van der Waals surface area (Å²) in [5.41, 5.74) is 2.46. The first kappa shape index (κ1) is 15.0. The van der Waals surface area contributed by atoms with Gasteiger partial charge in [-0.25, -0.2) is 0 Å². The lowest BCUT2D eigenvalue weighted by Gasteiger charge is -2.17. The topological polar surface area (TPSA) is 30.5 Å². The van der Waals surface area contributed by atoms with Gasteiger partial charge in [0.15, 0.2) is 0 Å². The molecule has 0 spiro atoms. The first-order chi connectivity index (χ1) is 8.58. The number of benzene rings is 1. The van der Waals surface area contributed by atoms with Crippen molar-refractivity contribution in [3.63, 3.8) is 0 Å². The van der Waals surface area contributed by atoms with Gasteiger partial charge in [0.05, 0.1) is 6.10 Å². The van der Waals surface area contributed by atoms with Crippen LogP contribution in [0.3, 0.4) is 0 Å². The third-order valence-corrected chi connectivity index (χ3v) is 3.09. The van der Waals surface area contributed by atoms with Gasteiger partial charge in [0, 0.05) is 13.2 Å². The number of methoxy groups -OCH3 is 1. The van der Waals surface area contributed by atoms with Gasteiger partial charge in [-0.15, -0.1) is 0 Å². The zero-order valence-corrected chi connectivity index (χ0v) is 12.1. The average Bonchev–Trinajstić information content (AvgIpc) is 2.37. The van der Waals surface area contributed by atoms with Gasteiger partial charge < -0.3 is 14.8 Å². The van der Waals surface area contributed by atoms with Crippen LogP contribution < -0.4 is 10.1 Å². The molecule has 0 amide bonds. The Kier molecular flexibility index (Phi) is 6.16. The molecule has 0 aliphatic heterocycles. The minimum absolute atomic E-state index is 0.116. The van der Waals surface area contributed by atoms with Crippen molar-refractivity contribution in [3.05, 3.63) is 29.3 Å². The summed E-state index contributed by atoms with van der Waals surface area (Å²) in [7, 11) is 1.70. The molecule has 1 rings (SSSR count). The second-order valence-electron chi connectivity index (χ2n) is 4.66. The largest absolute Gasteiger partial charge is 0.491 e. The minimum Gasteiger partial charge on any atom is -0.491 e. The molecule has 2 unspecified atom stereocenters. The molecule has 0 bridgehead atoms. The number of hydrogen-bond donors (Lipinski definition) is 1. The Hall–Kier alpha value is -1.06. The third kappa shape index (κ3) is 4.31. The van der Waals surface area contributed by atoms with Gasteiger partial charge in [-0.2, -0.15) is 0 Å². The van der Waals surface area contributed by atoms with Crippen molar-refractivity contribution in [1.82, 2.24) is 5.32 Å². The lowest BCUT2D eigenvalue weighted by Crippen LogP contribution is -2.18. The first-order valence-corrected chi connectivity index (χ1v) is 6.58. The predicted octanol–water partition coefficient (Wildman–Crippen LogP) is 3.08. The first-order valence-electron chi connectivity index (χ1n) is 6.58. The summed E-state index contributed by atoms with van der Waals surface area (Å²) in [6.45, 7) is 9.92. The van der Waals surface area contributed by atoms with E-state index in [0.29, 0.717) is 12.6 Å². The van der Waals surface area contributed by atoms with Gasteiger partial charge in [0.2, 0.25) is 0 Å². The Morgan fingerprint density at radius 1 is 1.28 bits per heavy atom. The van der Waals surface area contributed by atoms with Crippen LogP contribution in [0.1, 0.15) is 37.9 Å². The quantitative estimate of drug-likeness (QED) is 0.808. The van der Waals surface area contributed by atoms with E-state index in [-0.39, 0.29) is 6.10 Å². The molecule has 0 saturated carbocycles. The predicted molar refractivity (Wildman–Crippen MR) is 75.2 cm³/mol. The van der Waals surface area contributed by atoms with Gasteiger partial charge in [-0.05, 0) is 44.5 Å². The fourth-order valence-corrected chi connectivity index (χ4v) is 1.80. The number of hydrogen-bond acceptors (Lipinski definition) is 3. The summed E-state index contributed by atoms with van der Waals surface area (Å²) in [5, 5.41) is 3.41. The highest BCUT2D eigenvalue weighted by Crippen LogP contribution is 2.22. The van der Waals surface area contributed by atoms with Crippen LogP contribution in [0.15, 0.2) is 18.2 Å². The lowest BCUT2D eigenvalue weighted by molar-refractivity contribution is 0.0714. The van der Waals surface area contributed by atoms with E-state index < -0.39 is 0 Å². The summed E-state index contributed by atoms with van der Waals surface area (Å²) in [6.07, 6.45) is 0.116. The second-order valence-corrected chi connectivity index (χ2v) is 4.66. The maximum Gasteiger partial charge on any atom is 0.122 e. The highest BCUT2D eigenvalue weighted by Gasteiger charge is 2.08. The van der Waals surface area contributed by atoms with E-state index in [1.54, 1.807) is 7.11 Å². The standard InChI is InChI=1S/C15H25NO2/c1-6-16-13(4)14-7-8-15(11(2)9-14)18-10-12(3)17-5/h7-9,12-13,16H,6,10H2,1-5H3. The Labute approximate surface area is 110 Å². The van der Waals surface area contributed by atoms with Crippen LogP contribution >= 0.6 is 0 Å². The summed E-state index contributed by atoms with van der Waals surface area (Å²) < 4.78 is 10.9. The molecule has 2 atom stereocenters. The smallest absolute Gasteiger partial charge is 0.122 e. The van der Waals surface area contributed by atoms with Crippen molar-refractivity contribution >= 4 is 0 Å². The molecular weight excluding hydrogens is 226 g/mol. The number of rotatable bonds is 7. The summed E-state index contributed by atoms with van der Waals surface area (Å²) in [4.78, 5) is 0. The normalized spacial score (nSPS) is 14.3. The van der Waals surface area contributed by atoms with E-state index in [1.165, 1.54) is 11.1 Å². The fourth-order valence-electron chi connectivity index (χ4n) is 1.80. The minimum atomic E-state index is 0.116. The highest BCUT2D eigenvalue weighted by atomic mass is 16.5. The molecule has 1 aromatic rings. The highest BCUT2D eigenvalue weighted by molar-refractivity contribution is 5.37. The lowest BCUT2D eigenvalue weighted by atomic mass is 10.1. The van der Waals surface area contributed by atoms with Crippen molar-refractivity contribution in [3.8, 4) is 5.75 Å². The molecular formula is C15H25NO2. The fraction of sp³-hybridized carbons (Fsp3) is 0.600. The van der Waals surface area contributed by atoms with Crippen molar-refractivity contribution in [2.75, 3.05) is 20.3 Å². The van der Waals surface area contributed by atoms with Crippen LogP contribution in [0.2, 0.25) is 0 Å². The Balaban J connectivity index is 2.67. The number of aryl methyl sites for hydroxylation is 1. The van der Waals surface area contributed by atoms with E-state index in [0.717, 1.165) is 12.3 Å². The number of nitrogens with one attached hydrogen (secondary N) is 1. The van der Waals surface area contributed by atoms with Gasteiger partial charge >= 0.3 is 0 Å². The van der Waals surface area contributed by atoms with Crippen LogP contribution in [0.25, 0.3) is 0 Å². The van der Waals surface area contributed by atoms with Crippen LogP contribution in [0.5, 0.6) is 5.75 Å². The molecule has 0 heterocycles. The van der Waals surface area contributed by atoms with Gasteiger partial charge in [0.1, 0.15) is 12.4 Å².